The topological polar surface area (TPSA) is 100 Å². The van der Waals surface area contributed by atoms with Gasteiger partial charge in [0.25, 0.3) is 11.5 Å². The molecule has 29 heavy (non-hydrogen) atoms. The number of nitrogens with one attached hydrogen (secondary N) is 2. The van der Waals surface area contributed by atoms with E-state index < -0.39 is 11.2 Å². The van der Waals surface area contributed by atoms with Gasteiger partial charge in [0.15, 0.2) is 5.65 Å². The molecule has 1 saturated heterocycles. The van der Waals surface area contributed by atoms with Gasteiger partial charge in [-0.25, -0.2) is 9.78 Å². The van der Waals surface area contributed by atoms with Crippen LogP contribution in [0.1, 0.15) is 62.0 Å². The van der Waals surface area contributed by atoms with Crippen LogP contribution < -0.4 is 16.6 Å². The van der Waals surface area contributed by atoms with Crippen LogP contribution in [0.25, 0.3) is 11.0 Å². The Morgan fingerprint density at radius 3 is 2.66 bits per heavy atom. The smallest absolute Gasteiger partial charge is 0.329 e. The summed E-state index contributed by atoms with van der Waals surface area (Å²) in [6.07, 6.45) is 2.77. The lowest BCUT2D eigenvalue weighted by Gasteiger charge is -2.38. The molecule has 2 aliphatic rings. The SMILES string of the molecule is CCCn1c(=O)[nH]c(=O)c2c(C(=O)N3CCNC(C)C3C)cc(C3CC3)nc21.Cl. The van der Waals surface area contributed by atoms with Gasteiger partial charge < -0.3 is 10.2 Å². The van der Waals surface area contributed by atoms with E-state index in [1.54, 1.807) is 6.07 Å². The van der Waals surface area contributed by atoms with Gasteiger partial charge in [-0.2, -0.15) is 0 Å². The van der Waals surface area contributed by atoms with Gasteiger partial charge in [0.1, 0.15) is 0 Å². The lowest BCUT2D eigenvalue weighted by atomic mass is 10.0. The van der Waals surface area contributed by atoms with Crippen LogP contribution >= 0.6 is 12.4 Å². The minimum absolute atomic E-state index is 0. The van der Waals surface area contributed by atoms with Crippen LogP contribution in [0.5, 0.6) is 0 Å². The molecule has 1 aliphatic carbocycles. The summed E-state index contributed by atoms with van der Waals surface area (Å²) < 4.78 is 1.49. The van der Waals surface area contributed by atoms with Crippen molar-refractivity contribution in [3.8, 4) is 0 Å². The van der Waals surface area contributed by atoms with E-state index in [0.717, 1.165) is 25.0 Å². The minimum Gasteiger partial charge on any atom is -0.333 e. The highest BCUT2D eigenvalue weighted by Gasteiger charge is 2.33. The number of amides is 1. The molecular formula is C20H28ClN5O3. The molecule has 2 fully saturated rings. The Morgan fingerprint density at radius 1 is 1.28 bits per heavy atom. The zero-order valence-corrected chi connectivity index (χ0v) is 17.8. The van der Waals surface area contributed by atoms with Crippen molar-refractivity contribution in [2.24, 2.45) is 0 Å². The number of H-pyrrole nitrogens is 1. The van der Waals surface area contributed by atoms with Crippen LogP contribution in [-0.2, 0) is 6.54 Å². The molecule has 0 radical (unpaired) electrons. The minimum atomic E-state index is -0.540. The Balaban J connectivity index is 0.00000240. The maximum absolute atomic E-state index is 13.5. The summed E-state index contributed by atoms with van der Waals surface area (Å²) in [5.41, 5.74) is 0.489. The second-order valence-corrected chi connectivity index (χ2v) is 7.96. The normalized spacial score (nSPS) is 21.8. The molecule has 0 aromatic carbocycles. The van der Waals surface area contributed by atoms with Crippen molar-refractivity contribution in [2.75, 3.05) is 13.1 Å². The standard InChI is InChI=1S/C20H27N5O3.ClH/c1-4-8-25-17-16(18(26)23-20(25)28)14(10-15(22-17)13-5-6-13)19(27)24-9-7-21-11(2)12(24)3;/h10-13,21H,4-9H2,1-3H3,(H,23,26,28);1H. The number of carbonyl (C=O) groups is 1. The Labute approximate surface area is 175 Å². The van der Waals surface area contributed by atoms with E-state index in [-0.39, 0.29) is 35.8 Å². The van der Waals surface area contributed by atoms with Gasteiger partial charge in [0, 0.05) is 43.3 Å². The fourth-order valence-corrected chi connectivity index (χ4v) is 3.98. The van der Waals surface area contributed by atoms with Crippen molar-refractivity contribution in [3.05, 3.63) is 38.2 Å². The molecule has 2 N–H and O–H groups in total. The second kappa shape index (κ2) is 8.28. The van der Waals surface area contributed by atoms with E-state index in [4.69, 9.17) is 0 Å². The number of hydrogen-bond acceptors (Lipinski definition) is 5. The number of carbonyl (C=O) groups excluding carboxylic acids is 1. The Bertz CT molecular complexity index is 1040. The molecule has 1 saturated carbocycles. The number of aromatic amines is 1. The molecule has 0 bridgehead atoms. The highest BCUT2D eigenvalue weighted by Crippen LogP contribution is 2.40. The molecule has 1 aliphatic heterocycles. The summed E-state index contributed by atoms with van der Waals surface area (Å²) in [6.45, 7) is 7.77. The predicted octanol–water partition coefficient (Wildman–Crippen LogP) is 1.62. The number of rotatable bonds is 4. The van der Waals surface area contributed by atoms with Gasteiger partial charge in [-0.15, -0.1) is 12.4 Å². The van der Waals surface area contributed by atoms with Crippen LogP contribution in [0.15, 0.2) is 15.7 Å². The first-order valence-corrected chi connectivity index (χ1v) is 10.1. The average Bonchev–Trinajstić information content (AvgIpc) is 3.51. The zero-order chi connectivity index (χ0) is 20.0. The number of hydrogen-bond donors (Lipinski definition) is 2. The van der Waals surface area contributed by atoms with Gasteiger partial charge in [0.05, 0.1) is 10.9 Å². The highest BCUT2D eigenvalue weighted by atomic mass is 35.5. The van der Waals surface area contributed by atoms with Gasteiger partial charge in [-0.05, 0) is 39.2 Å². The molecule has 9 heteroatoms. The third kappa shape index (κ3) is 3.83. The maximum atomic E-state index is 13.5. The van der Waals surface area contributed by atoms with Crippen LogP contribution in [0, 0.1) is 0 Å². The molecule has 0 spiro atoms. The van der Waals surface area contributed by atoms with Crippen molar-refractivity contribution in [1.82, 2.24) is 24.8 Å². The molecule has 158 valence electrons. The van der Waals surface area contributed by atoms with E-state index >= 15 is 0 Å². The summed E-state index contributed by atoms with van der Waals surface area (Å²) in [5, 5.41) is 3.59. The molecule has 3 heterocycles. The Hall–Kier alpha value is -2.19. The second-order valence-electron chi connectivity index (χ2n) is 7.96. The largest absolute Gasteiger partial charge is 0.333 e. The quantitative estimate of drug-likeness (QED) is 0.781. The summed E-state index contributed by atoms with van der Waals surface area (Å²) in [7, 11) is 0. The molecule has 1 amide bonds. The summed E-state index contributed by atoms with van der Waals surface area (Å²) in [5.74, 6) is 0.141. The number of nitrogens with zero attached hydrogens (tertiary/aromatic N) is 3. The van der Waals surface area contributed by atoms with Gasteiger partial charge >= 0.3 is 5.69 Å². The van der Waals surface area contributed by atoms with Gasteiger partial charge in [0.2, 0.25) is 0 Å². The summed E-state index contributed by atoms with van der Waals surface area (Å²) >= 11 is 0. The van der Waals surface area contributed by atoms with Crippen LogP contribution in [0.3, 0.4) is 0 Å². The number of halogens is 1. The molecule has 8 nitrogen and oxygen atoms in total. The van der Waals surface area contributed by atoms with Crippen LogP contribution in [-0.4, -0.2) is 50.5 Å². The fraction of sp³-hybridized carbons (Fsp3) is 0.600. The number of aromatic nitrogens is 3. The number of fused-ring (bicyclic) bond motifs is 1. The lowest BCUT2D eigenvalue weighted by molar-refractivity contribution is 0.0604. The third-order valence-electron chi connectivity index (χ3n) is 5.94. The molecule has 2 unspecified atom stereocenters. The highest BCUT2D eigenvalue weighted by molar-refractivity contribution is 6.05. The van der Waals surface area contributed by atoms with Crippen molar-refractivity contribution in [3.63, 3.8) is 0 Å². The molecule has 4 rings (SSSR count). The molecule has 2 atom stereocenters. The van der Waals surface area contributed by atoms with E-state index in [2.05, 4.69) is 22.2 Å². The third-order valence-corrected chi connectivity index (χ3v) is 5.94. The Morgan fingerprint density at radius 2 is 2.00 bits per heavy atom. The molecule has 2 aromatic heterocycles. The van der Waals surface area contributed by atoms with Gasteiger partial charge in [-0.3, -0.25) is 19.1 Å². The van der Waals surface area contributed by atoms with Gasteiger partial charge in [-0.1, -0.05) is 6.92 Å². The van der Waals surface area contributed by atoms with Crippen molar-refractivity contribution in [2.45, 2.75) is 64.6 Å². The van der Waals surface area contributed by atoms with E-state index in [0.29, 0.717) is 36.8 Å². The Kier molecular flexibility index (Phi) is 6.14. The average molecular weight is 422 g/mol. The first-order valence-electron chi connectivity index (χ1n) is 10.1. The first kappa shape index (κ1) is 21.5. The van der Waals surface area contributed by atoms with E-state index in [1.807, 2.05) is 18.7 Å². The monoisotopic (exact) mass is 421 g/mol. The van der Waals surface area contributed by atoms with Crippen LogP contribution in [0.2, 0.25) is 0 Å². The predicted molar refractivity (Wildman–Crippen MR) is 114 cm³/mol. The zero-order valence-electron chi connectivity index (χ0n) is 17.0. The number of pyridine rings is 1. The first-order chi connectivity index (χ1) is 13.4. The summed E-state index contributed by atoms with van der Waals surface area (Å²) in [6, 6.07) is 1.96. The maximum Gasteiger partial charge on any atom is 0.329 e. The van der Waals surface area contributed by atoms with Crippen molar-refractivity contribution >= 4 is 29.3 Å². The van der Waals surface area contributed by atoms with E-state index in [1.165, 1.54) is 4.57 Å². The lowest BCUT2D eigenvalue weighted by Crippen LogP contribution is -2.57. The van der Waals surface area contributed by atoms with Crippen LogP contribution in [0.4, 0.5) is 0 Å². The number of aryl methyl sites for hydroxylation is 1. The van der Waals surface area contributed by atoms with E-state index in [9.17, 15) is 14.4 Å². The number of piperazine rings is 1. The molecular weight excluding hydrogens is 394 g/mol. The summed E-state index contributed by atoms with van der Waals surface area (Å²) in [4.78, 5) is 47.5. The van der Waals surface area contributed by atoms with Crippen molar-refractivity contribution < 1.29 is 4.79 Å². The fourth-order valence-electron chi connectivity index (χ4n) is 3.98. The molecule has 2 aromatic rings. The van der Waals surface area contributed by atoms with Crippen molar-refractivity contribution in [1.29, 1.82) is 0 Å².